The molecule has 5 nitrogen and oxygen atoms in total. The molecule has 1 rings (SSSR count). The highest BCUT2D eigenvalue weighted by atomic mass is 16.2. The van der Waals surface area contributed by atoms with E-state index in [1.807, 2.05) is 6.92 Å². The summed E-state index contributed by atoms with van der Waals surface area (Å²) >= 11 is 0. The second-order valence-corrected chi connectivity index (χ2v) is 5.46. The number of carbonyl (C=O) groups is 2. The van der Waals surface area contributed by atoms with E-state index in [-0.39, 0.29) is 23.5 Å². The lowest BCUT2D eigenvalue weighted by Gasteiger charge is -2.22. The zero-order chi connectivity index (χ0) is 13.1. The predicted molar refractivity (Wildman–Crippen MR) is 66.7 cm³/mol. The quantitative estimate of drug-likeness (QED) is 0.708. The average molecular weight is 241 g/mol. The Balaban J connectivity index is 2.43. The highest BCUT2D eigenvalue weighted by molar-refractivity contribution is 6.04. The van der Waals surface area contributed by atoms with Crippen molar-refractivity contribution in [2.75, 3.05) is 13.1 Å². The van der Waals surface area contributed by atoms with Crippen molar-refractivity contribution in [3.05, 3.63) is 0 Å². The second-order valence-electron chi connectivity index (χ2n) is 5.46. The SMILES string of the molecule is CCCC1NC(=O)N(CCNC(C)(C)C)C1=O. The summed E-state index contributed by atoms with van der Waals surface area (Å²) in [6.45, 7) is 9.23. The molecule has 0 aromatic rings. The van der Waals surface area contributed by atoms with Gasteiger partial charge >= 0.3 is 6.03 Å². The van der Waals surface area contributed by atoms with Gasteiger partial charge in [0.15, 0.2) is 0 Å². The molecule has 0 aliphatic carbocycles. The molecule has 1 heterocycles. The number of carbonyl (C=O) groups excluding carboxylic acids is 2. The minimum atomic E-state index is -0.317. The molecular formula is C12H23N3O2. The van der Waals surface area contributed by atoms with Crippen molar-refractivity contribution in [1.29, 1.82) is 0 Å². The number of hydrogen-bond acceptors (Lipinski definition) is 3. The maximum absolute atomic E-state index is 11.9. The van der Waals surface area contributed by atoms with Crippen LogP contribution in [-0.2, 0) is 4.79 Å². The first-order valence-electron chi connectivity index (χ1n) is 6.22. The van der Waals surface area contributed by atoms with Crippen molar-refractivity contribution in [3.63, 3.8) is 0 Å². The summed E-state index contributed by atoms with van der Waals surface area (Å²) in [5.74, 6) is -0.0902. The monoisotopic (exact) mass is 241 g/mol. The number of nitrogens with zero attached hydrogens (tertiary/aromatic N) is 1. The van der Waals surface area contributed by atoms with Gasteiger partial charge in [0.05, 0.1) is 0 Å². The second kappa shape index (κ2) is 5.49. The smallest absolute Gasteiger partial charge is 0.324 e. The maximum atomic E-state index is 11.9. The Labute approximate surface area is 103 Å². The summed E-state index contributed by atoms with van der Waals surface area (Å²) in [6.07, 6.45) is 1.61. The molecule has 2 N–H and O–H groups in total. The van der Waals surface area contributed by atoms with Crippen molar-refractivity contribution < 1.29 is 9.59 Å². The average Bonchev–Trinajstić information content (AvgIpc) is 2.44. The minimum absolute atomic E-state index is 0.00205. The lowest BCUT2D eigenvalue weighted by Crippen LogP contribution is -2.43. The molecule has 98 valence electrons. The van der Waals surface area contributed by atoms with Crippen LogP contribution in [0.15, 0.2) is 0 Å². The van der Waals surface area contributed by atoms with Crippen LogP contribution in [0.25, 0.3) is 0 Å². The summed E-state index contributed by atoms with van der Waals surface area (Å²) in [4.78, 5) is 24.8. The number of rotatable bonds is 5. The summed E-state index contributed by atoms with van der Waals surface area (Å²) in [7, 11) is 0. The summed E-state index contributed by atoms with van der Waals surface area (Å²) in [5, 5.41) is 5.97. The van der Waals surface area contributed by atoms with Crippen LogP contribution < -0.4 is 10.6 Å². The van der Waals surface area contributed by atoms with E-state index in [9.17, 15) is 9.59 Å². The third kappa shape index (κ3) is 4.00. The van der Waals surface area contributed by atoms with Crippen LogP contribution in [0, 0.1) is 0 Å². The molecule has 1 fully saturated rings. The van der Waals surface area contributed by atoms with Crippen molar-refractivity contribution in [1.82, 2.24) is 15.5 Å². The lowest BCUT2D eigenvalue weighted by molar-refractivity contribution is -0.127. The molecule has 0 aromatic carbocycles. The van der Waals surface area contributed by atoms with Gasteiger partial charge in [-0.3, -0.25) is 9.69 Å². The third-order valence-electron chi connectivity index (χ3n) is 2.68. The van der Waals surface area contributed by atoms with Gasteiger partial charge in [0, 0.05) is 18.6 Å². The molecule has 1 saturated heterocycles. The van der Waals surface area contributed by atoms with E-state index in [1.165, 1.54) is 4.90 Å². The molecule has 0 aromatic heterocycles. The van der Waals surface area contributed by atoms with Crippen LogP contribution in [0.5, 0.6) is 0 Å². The molecule has 0 saturated carbocycles. The molecule has 5 heteroatoms. The Kier molecular flexibility index (Phi) is 4.51. The number of hydrogen-bond donors (Lipinski definition) is 2. The first kappa shape index (κ1) is 14.0. The highest BCUT2D eigenvalue weighted by Gasteiger charge is 2.36. The molecule has 3 amide bonds. The summed E-state index contributed by atoms with van der Waals surface area (Å²) in [6, 6.07) is -0.578. The van der Waals surface area contributed by atoms with E-state index in [4.69, 9.17) is 0 Å². The lowest BCUT2D eigenvalue weighted by atomic mass is 10.1. The van der Waals surface area contributed by atoms with E-state index in [1.54, 1.807) is 0 Å². The van der Waals surface area contributed by atoms with Gasteiger partial charge in [-0.2, -0.15) is 0 Å². The topological polar surface area (TPSA) is 61.4 Å². The van der Waals surface area contributed by atoms with Crippen molar-refractivity contribution in [2.24, 2.45) is 0 Å². The van der Waals surface area contributed by atoms with Gasteiger partial charge in [-0.05, 0) is 27.2 Å². The van der Waals surface area contributed by atoms with E-state index < -0.39 is 0 Å². The largest absolute Gasteiger partial charge is 0.326 e. The van der Waals surface area contributed by atoms with Gasteiger partial charge in [-0.15, -0.1) is 0 Å². The van der Waals surface area contributed by atoms with Crippen LogP contribution >= 0.6 is 0 Å². The van der Waals surface area contributed by atoms with Crippen LogP contribution in [-0.4, -0.2) is 41.5 Å². The van der Waals surface area contributed by atoms with Gasteiger partial charge in [-0.25, -0.2) is 4.79 Å². The zero-order valence-corrected chi connectivity index (χ0v) is 11.2. The number of urea groups is 1. The molecule has 0 bridgehead atoms. The Hall–Kier alpha value is -1.10. The molecular weight excluding hydrogens is 218 g/mol. The number of imide groups is 1. The zero-order valence-electron chi connectivity index (χ0n) is 11.2. The number of amides is 3. The fourth-order valence-corrected chi connectivity index (χ4v) is 1.82. The van der Waals surface area contributed by atoms with Gasteiger partial charge in [0.2, 0.25) is 0 Å². The minimum Gasteiger partial charge on any atom is -0.326 e. The van der Waals surface area contributed by atoms with Gasteiger partial charge in [0.1, 0.15) is 6.04 Å². The molecule has 1 aliphatic heterocycles. The van der Waals surface area contributed by atoms with Gasteiger partial charge in [-0.1, -0.05) is 13.3 Å². The Bertz CT molecular complexity index is 297. The van der Waals surface area contributed by atoms with Crippen molar-refractivity contribution >= 4 is 11.9 Å². The third-order valence-corrected chi connectivity index (χ3v) is 2.68. The normalized spacial score (nSPS) is 20.9. The van der Waals surface area contributed by atoms with Crippen LogP contribution in [0.3, 0.4) is 0 Å². The standard InChI is InChI=1S/C12H23N3O2/c1-5-6-9-10(16)15(11(17)14-9)8-7-13-12(2,3)4/h9,13H,5-8H2,1-4H3,(H,14,17). The van der Waals surface area contributed by atoms with Crippen molar-refractivity contribution in [2.45, 2.75) is 52.1 Å². The van der Waals surface area contributed by atoms with E-state index in [2.05, 4.69) is 31.4 Å². The summed E-state index contributed by atoms with van der Waals surface area (Å²) < 4.78 is 0. The Morgan fingerprint density at radius 1 is 1.35 bits per heavy atom. The van der Waals surface area contributed by atoms with Gasteiger partial charge in [0.25, 0.3) is 5.91 Å². The highest BCUT2D eigenvalue weighted by Crippen LogP contribution is 2.10. The molecule has 0 spiro atoms. The predicted octanol–water partition coefficient (Wildman–Crippen LogP) is 1.09. The van der Waals surface area contributed by atoms with Crippen molar-refractivity contribution in [3.8, 4) is 0 Å². The fraction of sp³-hybridized carbons (Fsp3) is 0.833. The molecule has 0 radical (unpaired) electrons. The van der Waals surface area contributed by atoms with E-state index >= 15 is 0 Å². The Morgan fingerprint density at radius 2 is 2.00 bits per heavy atom. The molecule has 1 atom stereocenters. The van der Waals surface area contributed by atoms with E-state index in [0.29, 0.717) is 19.5 Å². The first-order valence-corrected chi connectivity index (χ1v) is 6.22. The van der Waals surface area contributed by atoms with Gasteiger partial charge < -0.3 is 10.6 Å². The van der Waals surface area contributed by atoms with E-state index in [0.717, 1.165) is 6.42 Å². The molecule has 1 unspecified atom stereocenters. The molecule has 1 aliphatic rings. The Morgan fingerprint density at radius 3 is 2.53 bits per heavy atom. The number of nitrogens with one attached hydrogen (secondary N) is 2. The first-order chi connectivity index (χ1) is 7.85. The van der Waals surface area contributed by atoms with Crippen LogP contribution in [0.2, 0.25) is 0 Å². The maximum Gasteiger partial charge on any atom is 0.324 e. The fourth-order valence-electron chi connectivity index (χ4n) is 1.82. The van der Waals surface area contributed by atoms with Crippen LogP contribution in [0.4, 0.5) is 4.79 Å². The molecule has 17 heavy (non-hydrogen) atoms. The summed E-state index contributed by atoms with van der Waals surface area (Å²) in [5.41, 5.74) is 0.00205. The van der Waals surface area contributed by atoms with Crippen LogP contribution in [0.1, 0.15) is 40.5 Å².